The van der Waals surface area contributed by atoms with E-state index in [4.69, 9.17) is 0 Å². The second-order valence-electron chi connectivity index (χ2n) is 3.91. The summed E-state index contributed by atoms with van der Waals surface area (Å²) in [5.41, 5.74) is 2.26. The Bertz CT molecular complexity index is 338. The average molecular weight is 306 g/mol. The number of aryl methyl sites for hydroxylation is 2. The number of hydrogen-bond acceptors (Lipinski definition) is 3. The van der Waals surface area contributed by atoms with Gasteiger partial charge in [0, 0.05) is 25.4 Å². The van der Waals surface area contributed by atoms with Crippen molar-refractivity contribution in [1.82, 2.24) is 15.1 Å². The van der Waals surface area contributed by atoms with Crippen LogP contribution in [0.4, 0.5) is 0 Å². The summed E-state index contributed by atoms with van der Waals surface area (Å²) in [6.07, 6.45) is 0. The highest BCUT2D eigenvalue weighted by molar-refractivity contribution is 9.10. The minimum absolute atomic E-state index is 0.534. The van der Waals surface area contributed by atoms with Crippen LogP contribution in [0, 0.1) is 6.92 Å². The molecule has 0 aromatic carbocycles. The zero-order valence-electron chi connectivity index (χ0n) is 10.4. The summed E-state index contributed by atoms with van der Waals surface area (Å²) in [4.78, 5) is 0. The number of hydrogen-bond donors (Lipinski definition) is 1. The Balaban J connectivity index is 2.48. The first-order valence-corrected chi connectivity index (χ1v) is 7.50. The van der Waals surface area contributed by atoms with Gasteiger partial charge in [0.2, 0.25) is 0 Å². The van der Waals surface area contributed by atoms with Crippen LogP contribution < -0.4 is 5.32 Å². The Kier molecular flexibility index (Phi) is 5.86. The zero-order valence-corrected chi connectivity index (χ0v) is 12.8. The molecule has 1 N–H and O–H groups in total. The molecule has 0 aliphatic rings. The van der Waals surface area contributed by atoms with Crippen LogP contribution in [0.3, 0.4) is 0 Å². The van der Waals surface area contributed by atoms with Gasteiger partial charge in [0.25, 0.3) is 0 Å². The van der Waals surface area contributed by atoms with E-state index in [0.717, 1.165) is 22.5 Å². The number of halogens is 1. The predicted octanol–water partition coefficient (Wildman–Crippen LogP) is 2.72. The van der Waals surface area contributed by atoms with Crippen LogP contribution in [-0.2, 0) is 13.6 Å². The number of nitrogens with zero attached hydrogens (tertiary/aromatic N) is 2. The number of aromatic nitrogens is 2. The molecule has 0 fully saturated rings. The molecule has 0 aliphatic carbocycles. The van der Waals surface area contributed by atoms with Crippen molar-refractivity contribution in [3.8, 4) is 0 Å². The maximum absolute atomic E-state index is 4.38. The number of rotatable bonds is 6. The average Bonchev–Trinajstić information content (AvgIpc) is 2.48. The molecule has 0 saturated heterocycles. The predicted molar refractivity (Wildman–Crippen MR) is 74.9 cm³/mol. The van der Waals surface area contributed by atoms with Crippen molar-refractivity contribution in [3.05, 3.63) is 15.9 Å². The third-order valence-corrected chi connectivity index (χ3v) is 4.63. The smallest absolute Gasteiger partial charge is 0.0739 e. The molecule has 0 radical (unpaired) electrons. The Morgan fingerprint density at radius 3 is 2.75 bits per heavy atom. The lowest BCUT2D eigenvalue weighted by atomic mass is 10.3. The van der Waals surface area contributed by atoms with Gasteiger partial charge in [-0.25, -0.2) is 0 Å². The highest BCUT2D eigenvalue weighted by atomic mass is 79.9. The van der Waals surface area contributed by atoms with Crippen LogP contribution in [0.1, 0.15) is 25.2 Å². The standard InChI is InChI=1S/C11H20BrN3S/c1-5-16-7-8(2)13-6-10-11(12)9(3)14-15(10)4/h8,13H,5-7H2,1-4H3. The third kappa shape index (κ3) is 3.79. The van der Waals surface area contributed by atoms with Crippen molar-refractivity contribution < 1.29 is 0 Å². The Morgan fingerprint density at radius 2 is 2.25 bits per heavy atom. The number of nitrogens with one attached hydrogen (secondary N) is 1. The molecule has 1 aromatic rings. The van der Waals surface area contributed by atoms with Gasteiger partial charge in [-0.2, -0.15) is 16.9 Å². The summed E-state index contributed by atoms with van der Waals surface area (Å²) >= 11 is 5.54. The van der Waals surface area contributed by atoms with Gasteiger partial charge in [-0.1, -0.05) is 6.92 Å². The highest BCUT2D eigenvalue weighted by Gasteiger charge is 2.11. The van der Waals surface area contributed by atoms with Crippen molar-refractivity contribution in [1.29, 1.82) is 0 Å². The van der Waals surface area contributed by atoms with Gasteiger partial charge in [-0.05, 0) is 35.5 Å². The minimum Gasteiger partial charge on any atom is -0.308 e. The van der Waals surface area contributed by atoms with Gasteiger partial charge < -0.3 is 5.32 Å². The topological polar surface area (TPSA) is 29.9 Å². The fraction of sp³-hybridized carbons (Fsp3) is 0.727. The molecule has 1 aromatic heterocycles. The van der Waals surface area contributed by atoms with E-state index in [1.807, 2.05) is 30.4 Å². The second-order valence-corrected chi connectivity index (χ2v) is 6.02. The first kappa shape index (κ1) is 14.1. The first-order valence-electron chi connectivity index (χ1n) is 5.55. The second kappa shape index (κ2) is 6.67. The maximum Gasteiger partial charge on any atom is 0.0739 e. The van der Waals surface area contributed by atoms with Crippen LogP contribution in [0.2, 0.25) is 0 Å². The molecule has 1 rings (SSSR count). The van der Waals surface area contributed by atoms with Gasteiger partial charge in [0.15, 0.2) is 0 Å². The molecule has 0 spiro atoms. The molecule has 16 heavy (non-hydrogen) atoms. The van der Waals surface area contributed by atoms with Gasteiger partial charge >= 0.3 is 0 Å². The molecule has 3 nitrogen and oxygen atoms in total. The molecule has 1 atom stereocenters. The normalized spacial score (nSPS) is 13.1. The van der Waals surface area contributed by atoms with Gasteiger partial charge in [0.1, 0.15) is 0 Å². The quantitative estimate of drug-likeness (QED) is 0.876. The SMILES string of the molecule is CCSCC(C)NCc1c(Br)c(C)nn1C. The highest BCUT2D eigenvalue weighted by Crippen LogP contribution is 2.20. The van der Waals surface area contributed by atoms with Gasteiger partial charge in [-0.15, -0.1) is 0 Å². The summed E-state index contributed by atoms with van der Waals surface area (Å²) < 4.78 is 3.06. The van der Waals surface area contributed by atoms with E-state index >= 15 is 0 Å². The first-order chi connectivity index (χ1) is 7.56. The molecule has 1 heterocycles. The van der Waals surface area contributed by atoms with Crippen molar-refractivity contribution in [3.63, 3.8) is 0 Å². The van der Waals surface area contributed by atoms with Crippen molar-refractivity contribution in [2.45, 2.75) is 33.4 Å². The summed E-state index contributed by atoms with van der Waals surface area (Å²) in [5.74, 6) is 2.34. The molecular weight excluding hydrogens is 286 g/mol. The van der Waals surface area contributed by atoms with E-state index in [-0.39, 0.29) is 0 Å². The molecule has 0 amide bonds. The zero-order chi connectivity index (χ0) is 12.1. The van der Waals surface area contributed by atoms with Crippen LogP contribution in [0.5, 0.6) is 0 Å². The largest absolute Gasteiger partial charge is 0.308 e. The lowest BCUT2D eigenvalue weighted by Gasteiger charge is -2.13. The summed E-state index contributed by atoms with van der Waals surface area (Å²) in [6.45, 7) is 7.30. The van der Waals surface area contributed by atoms with E-state index < -0.39 is 0 Å². The van der Waals surface area contributed by atoms with Crippen LogP contribution in [-0.4, -0.2) is 27.3 Å². The van der Waals surface area contributed by atoms with Gasteiger partial charge in [-0.3, -0.25) is 4.68 Å². The molecule has 1 unspecified atom stereocenters. The van der Waals surface area contributed by atoms with Crippen LogP contribution >= 0.6 is 27.7 Å². The van der Waals surface area contributed by atoms with E-state index in [2.05, 4.69) is 40.2 Å². The molecule has 0 aliphatic heterocycles. The molecule has 0 saturated carbocycles. The van der Waals surface area contributed by atoms with Crippen LogP contribution in [0.25, 0.3) is 0 Å². The Hall–Kier alpha value is 0. The van der Waals surface area contributed by atoms with Gasteiger partial charge in [0.05, 0.1) is 15.9 Å². The Labute approximate surface area is 110 Å². The van der Waals surface area contributed by atoms with Crippen molar-refractivity contribution in [2.75, 3.05) is 11.5 Å². The fourth-order valence-corrected chi connectivity index (χ4v) is 2.68. The van der Waals surface area contributed by atoms with E-state index in [9.17, 15) is 0 Å². The van der Waals surface area contributed by atoms with E-state index in [1.165, 1.54) is 11.4 Å². The minimum atomic E-state index is 0.534. The monoisotopic (exact) mass is 305 g/mol. The summed E-state index contributed by atoms with van der Waals surface area (Å²) in [6, 6.07) is 0.534. The van der Waals surface area contributed by atoms with Crippen molar-refractivity contribution >= 4 is 27.7 Å². The summed E-state index contributed by atoms with van der Waals surface area (Å²) in [5, 5.41) is 7.89. The van der Waals surface area contributed by atoms with Crippen molar-refractivity contribution in [2.24, 2.45) is 7.05 Å². The lowest BCUT2D eigenvalue weighted by molar-refractivity contribution is 0.563. The van der Waals surface area contributed by atoms with E-state index in [0.29, 0.717) is 6.04 Å². The van der Waals surface area contributed by atoms with E-state index in [1.54, 1.807) is 0 Å². The molecule has 5 heteroatoms. The van der Waals surface area contributed by atoms with Crippen LogP contribution in [0.15, 0.2) is 4.47 Å². The Morgan fingerprint density at radius 1 is 1.56 bits per heavy atom. The summed E-state index contributed by atoms with van der Waals surface area (Å²) in [7, 11) is 1.99. The number of thioether (sulfide) groups is 1. The molecule has 0 bridgehead atoms. The molecular formula is C11H20BrN3S. The maximum atomic E-state index is 4.38. The lowest BCUT2D eigenvalue weighted by Crippen LogP contribution is -2.28. The fourth-order valence-electron chi connectivity index (χ4n) is 1.50. The molecule has 92 valence electrons. The third-order valence-electron chi connectivity index (χ3n) is 2.45.